The second kappa shape index (κ2) is 30.2. The molecule has 1 heterocycles. The number of guanidine groups is 1. The third-order valence-corrected chi connectivity index (χ3v) is 10.3. The fourth-order valence-corrected chi connectivity index (χ4v) is 7.04. The number of hydrogen-bond acceptors (Lipinski definition) is 12. The summed E-state index contributed by atoms with van der Waals surface area (Å²) in [6.07, 6.45) is 2.89. The standard InChI is InChI=1S/C42H75N13O11/c1-23(2)18-29(37(62)49-21-33(58)51-27(13-10-16-46-42(44)45)36(61)48-20-32(57)47-22-34(59)60)53-40(65)31-14-11-17-55(31)41(66)35(25(5)6)54-39(64)30(19-24(3)4)52-38(63)28(50-26(7)56)12-8-9-15-43/h23-25,27-31,35H,8-22,43H2,1-7H3,(H,47,57)(H,48,61)(H,49,62)(H,50,56)(H,51,58)(H,52,63)(H,53,65)(H,54,64)(H,59,60)(H4,44,45,46)/t27-,28-,29-,30-,31-,35-/m0/s1. The molecular weight excluding hydrogens is 863 g/mol. The predicted molar refractivity (Wildman–Crippen MR) is 243 cm³/mol. The highest BCUT2D eigenvalue weighted by atomic mass is 16.4. The highest BCUT2D eigenvalue weighted by Crippen LogP contribution is 2.22. The maximum Gasteiger partial charge on any atom is 0.322 e. The first-order chi connectivity index (χ1) is 31.0. The summed E-state index contributed by atoms with van der Waals surface area (Å²) in [5.41, 5.74) is 16.3. The van der Waals surface area contributed by atoms with Gasteiger partial charge in [-0.25, -0.2) is 0 Å². The molecule has 0 spiro atoms. The van der Waals surface area contributed by atoms with Gasteiger partial charge in [-0.1, -0.05) is 41.5 Å². The zero-order chi connectivity index (χ0) is 50.1. The van der Waals surface area contributed by atoms with E-state index in [0.29, 0.717) is 32.2 Å². The number of nitrogens with zero attached hydrogens (tertiary/aromatic N) is 2. The number of aliphatic imine (C=N–C) groups is 1. The number of nitrogens with two attached hydrogens (primary N) is 3. The third kappa shape index (κ3) is 22.7. The van der Waals surface area contributed by atoms with E-state index in [1.54, 1.807) is 13.8 Å². The van der Waals surface area contributed by atoms with Crippen LogP contribution in [-0.4, -0.2) is 151 Å². The van der Waals surface area contributed by atoms with Gasteiger partial charge in [0.05, 0.1) is 13.1 Å². The van der Waals surface area contributed by atoms with Crippen LogP contribution in [-0.2, 0) is 47.9 Å². The number of carboxylic acids is 1. The van der Waals surface area contributed by atoms with Crippen LogP contribution >= 0.6 is 0 Å². The molecule has 1 aliphatic rings. The Kier molecular flexibility index (Phi) is 26.5. The third-order valence-electron chi connectivity index (χ3n) is 10.3. The molecule has 0 radical (unpaired) electrons. The Balaban J connectivity index is 3.12. The lowest BCUT2D eigenvalue weighted by molar-refractivity contribution is -0.143. The van der Waals surface area contributed by atoms with Crippen LogP contribution in [0.3, 0.4) is 0 Å². The van der Waals surface area contributed by atoms with Crippen molar-refractivity contribution >= 4 is 65.1 Å². The second-order valence-corrected chi connectivity index (χ2v) is 17.5. The van der Waals surface area contributed by atoms with Gasteiger partial charge in [0.15, 0.2) is 5.96 Å². The molecule has 0 aromatic rings. The van der Waals surface area contributed by atoms with Gasteiger partial charge < -0.3 is 69.7 Å². The van der Waals surface area contributed by atoms with Crippen molar-refractivity contribution in [1.82, 2.24) is 47.4 Å². The van der Waals surface area contributed by atoms with E-state index in [4.69, 9.17) is 22.3 Å². The lowest BCUT2D eigenvalue weighted by Crippen LogP contribution is -2.60. The van der Waals surface area contributed by atoms with Gasteiger partial charge >= 0.3 is 5.97 Å². The highest BCUT2D eigenvalue weighted by Gasteiger charge is 2.41. The quantitative estimate of drug-likeness (QED) is 0.0192. The Hall–Kier alpha value is -6.07. The van der Waals surface area contributed by atoms with Crippen molar-refractivity contribution in [2.75, 3.05) is 39.3 Å². The highest BCUT2D eigenvalue weighted by molar-refractivity contribution is 5.97. The normalized spacial score (nSPS) is 15.6. The van der Waals surface area contributed by atoms with Crippen LogP contribution in [0.1, 0.15) is 106 Å². The minimum Gasteiger partial charge on any atom is -0.480 e. The molecule has 9 amide bonds. The molecule has 0 saturated carbocycles. The molecule has 0 aromatic heterocycles. The van der Waals surface area contributed by atoms with Gasteiger partial charge in [0.1, 0.15) is 42.8 Å². The Bertz CT molecular complexity index is 1700. The number of amides is 9. The summed E-state index contributed by atoms with van der Waals surface area (Å²) in [6, 6.07) is -6.36. The Morgan fingerprint density at radius 1 is 0.652 bits per heavy atom. The lowest BCUT2D eigenvalue weighted by atomic mass is 9.98. The molecule has 1 aliphatic heterocycles. The fraction of sp³-hybridized carbons (Fsp3) is 0.738. The van der Waals surface area contributed by atoms with E-state index >= 15 is 0 Å². The van der Waals surface area contributed by atoms with Gasteiger partial charge in [0.25, 0.3) is 0 Å². The number of carbonyl (C=O) groups is 10. The molecule has 1 rings (SSSR count). The van der Waals surface area contributed by atoms with E-state index in [9.17, 15) is 47.9 Å². The van der Waals surface area contributed by atoms with Crippen molar-refractivity contribution in [2.24, 2.45) is 39.9 Å². The summed E-state index contributed by atoms with van der Waals surface area (Å²) in [6.45, 7) is 11.0. The van der Waals surface area contributed by atoms with E-state index in [-0.39, 0.29) is 63.0 Å². The first-order valence-electron chi connectivity index (χ1n) is 22.5. The number of hydrogen-bond donors (Lipinski definition) is 12. The fourth-order valence-electron chi connectivity index (χ4n) is 7.04. The van der Waals surface area contributed by atoms with Crippen molar-refractivity contribution in [3.63, 3.8) is 0 Å². The molecular formula is C42H75N13O11. The van der Waals surface area contributed by atoms with Crippen LogP contribution in [0, 0.1) is 17.8 Å². The van der Waals surface area contributed by atoms with E-state index in [1.165, 1.54) is 11.8 Å². The maximum atomic E-state index is 14.2. The summed E-state index contributed by atoms with van der Waals surface area (Å²) in [7, 11) is 0. The number of carboxylic acid groups (broad SMARTS) is 1. The van der Waals surface area contributed by atoms with Crippen molar-refractivity contribution in [1.29, 1.82) is 0 Å². The van der Waals surface area contributed by atoms with Crippen LogP contribution in [0.4, 0.5) is 0 Å². The number of rotatable bonds is 30. The number of likely N-dealkylation sites (tertiary alicyclic amines) is 1. The van der Waals surface area contributed by atoms with Crippen LogP contribution in [0.5, 0.6) is 0 Å². The SMILES string of the molecule is CC(=O)N[C@@H](CCCCN)C(=O)N[C@@H](CC(C)C)C(=O)N[C@H](C(=O)N1CCC[C@H]1C(=O)N[C@@H](CC(C)C)C(=O)NCC(=O)N[C@@H](CCCN=C(N)N)C(=O)NCC(=O)NCC(=O)O)C(C)C. The maximum absolute atomic E-state index is 14.2. The smallest absolute Gasteiger partial charge is 0.322 e. The average Bonchev–Trinajstić information content (AvgIpc) is 3.73. The molecule has 24 heteroatoms. The van der Waals surface area contributed by atoms with Gasteiger partial charge in [-0.05, 0) is 82.1 Å². The van der Waals surface area contributed by atoms with Crippen LogP contribution in [0.2, 0.25) is 0 Å². The monoisotopic (exact) mass is 938 g/mol. The van der Waals surface area contributed by atoms with Crippen molar-refractivity contribution in [3.8, 4) is 0 Å². The van der Waals surface area contributed by atoms with Gasteiger partial charge in [-0.3, -0.25) is 52.9 Å². The largest absolute Gasteiger partial charge is 0.480 e. The van der Waals surface area contributed by atoms with Crippen LogP contribution in [0.15, 0.2) is 4.99 Å². The molecule has 0 bridgehead atoms. The zero-order valence-electron chi connectivity index (χ0n) is 39.5. The summed E-state index contributed by atoms with van der Waals surface area (Å²) in [5, 5.41) is 29.1. The Morgan fingerprint density at radius 2 is 1.20 bits per heavy atom. The predicted octanol–water partition coefficient (Wildman–Crippen LogP) is -3.21. The van der Waals surface area contributed by atoms with Crippen LogP contribution < -0.4 is 59.7 Å². The van der Waals surface area contributed by atoms with Gasteiger partial charge in [0.2, 0.25) is 53.2 Å². The average molecular weight is 938 g/mol. The first kappa shape index (κ1) is 57.9. The lowest BCUT2D eigenvalue weighted by Gasteiger charge is -2.32. The van der Waals surface area contributed by atoms with E-state index in [2.05, 4.69) is 47.5 Å². The Labute approximate surface area is 386 Å². The summed E-state index contributed by atoms with van der Waals surface area (Å²) in [4.78, 5) is 135. The minimum absolute atomic E-state index is 0.0223. The van der Waals surface area contributed by atoms with E-state index in [0.717, 1.165) is 0 Å². The summed E-state index contributed by atoms with van der Waals surface area (Å²) >= 11 is 0. The molecule has 374 valence electrons. The molecule has 24 nitrogen and oxygen atoms in total. The van der Waals surface area contributed by atoms with Gasteiger partial charge in [-0.15, -0.1) is 0 Å². The van der Waals surface area contributed by atoms with Crippen molar-refractivity contribution in [2.45, 2.75) is 143 Å². The minimum atomic E-state index is -1.28. The number of aliphatic carboxylic acids is 1. The number of carbonyl (C=O) groups excluding carboxylic acids is 9. The Morgan fingerprint density at radius 3 is 1.74 bits per heavy atom. The molecule has 0 aromatic carbocycles. The van der Waals surface area contributed by atoms with Gasteiger partial charge in [-0.2, -0.15) is 0 Å². The van der Waals surface area contributed by atoms with E-state index < -0.39 is 121 Å². The van der Waals surface area contributed by atoms with Crippen LogP contribution in [0.25, 0.3) is 0 Å². The second-order valence-electron chi connectivity index (χ2n) is 17.5. The molecule has 15 N–H and O–H groups in total. The number of nitrogens with one attached hydrogen (secondary N) is 8. The topological polar surface area (TPSA) is 381 Å². The molecule has 66 heavy (non-hydrogen) atoms. The summed E-state index contributed by atoms with van der Waals surface area (Å²) < 4.78 is 0. The molecule has 0 aliphatic carbocycles. The molecule has 1 fully saturated rings. The summed E-state index contributed by atoms with van der Waals surface area (Å²) in [5.74, 6) is -7.81. The van der Waals surface area contributed by atoms with Crippen molar-refractivity contribution in [3.05, 3.63) is 0 Å². The first-order valence-corrected chi connectivity index (χ1v) is 22.5. The number of unbranched alkanes of at least 4 members (excludes halogenated alkanes) is 1. The molecule has 1 saturated heterocycles. The zero-order valence-corrected chi connectivity index (χ0v) is 39.5. The van der Waals surface area contributed by atoms with Crippen molar-refractivity contribution < 1.29 is 53.1 Å². The molecule has 6 atom stereocenters. The van der Waals surface area contributed by atoms with E-state index in [1.807, 2.05) is 27.7 Å². The molecule has 0 unspecified atom stereocenters. The van der Waals surface area contributed by atoms with Gasteiger partial charge in [0, 0.05) is 20.0 Å².